The van der Waals surface area contributed by atoms with Gasteiger partial charge >= 0.3 is 12.1 Å². The van der Waals surface area contributed by atoms with Gasteiger partial charge in [0, 0.05) is 31.8 Å². The number of nitrogens with zero attached hydrogens (tertiary/aromatic N) is 1. The summed E-state index contributed by atoms with van der Waals surface area (Å²) < 4.78 is 38.7. The van der Waals surface area contributed by atoms with Crippen molar-refractivity contribution in [2.45, 2.75) is 89.0 Å². The van der Waals surface area contributed by atoms with Crippen molar-refractivity contribution < 1.29 is 33.0 Å². The average molecular weight is 444 g/mol. The standard InChI is InChI=1S/C23H32F3NO4/c1-22(31,16-17-7-6-8-18(15-17)23(24,25)26)13-12-19-10-11-20(28)27(19)14-5-3-2-4-9-21(29)30/h6-8,15,19,31H,2-5,9-14,16H2,1H3,(H,29,30)/t19-,22+/m1/s1. The predicted octanol–water partition coefficient (Wildman–Crippen LogP) is 4.81. The number of amides is 1. The van der Waals surface area contributed by atoms with E-state index < -0.39 is 23.3 Å². The Labute approximate surface area is 181 Å². The average Bonchev–Trinajstić information content (AvgIpc) is 3.02. The molecule has 0 saturated carbocycles. The highest BCUT2D eigenvalue weighted by Gasteiger charge is 2.33. The number of carbonyl (C=O) groups is 2. The van der Waals surface area contributed by atoms with Crippen molar-refractivity contribution in [2.24, 2.45) is 0 Å². The lowest BCUT2D eigenvalue weighted by Gasteiger charge is -2.29. The highest BCUT2D eigenvalue weighted by molar-refractivity contribution is 5.78. The molecule has 1 aromatic carbocycles. The van der Waals surface area contributed by atoms with Crippen LogP contribution in [0.1, 0.15) is 75.8 Å². The lowest BCUT2D eigenvalue weighted by atomic mass is 9.89. The molecular weight excluding hydrogens is 411 g/mol. The third-order valence-corrected chi connectivity index (χ3v) is 5.85. The Morgan fingerprint density at radius 3 is 2.58 bits per heavy atom. The second-order valence-electron chi connectivity index (χ2n) is 8.75. The van der Waals surface area contributed by atoms with Crippen LogP contribution < -0.4 is 0 Å². The zero-order chi connectivity index (χ0) is 23.1. The molecule has 0 radical (unpaired) electrons. The number of unbranched alkanes of at least 4 members (excludes halogenated alkanes) is 3. The van der Waals surface area contributed by atoms with Crippen molar-refractivity contribution in [1.82, 2.24) is 4.90 Å². The predicted molar refractivity (Wildman–Crippen MR) is 110 cm³/mol. The molecule has 8 heteroatoms. The topological polar surface area (TPSA) is 77.8 Å². The highest BCUT2D eigenvalue weighted by atomic mass is 19.4. The summed E-state index contributed by atoms with van der Waals surface area (Å²) >= 11 is 0. The summed E-state index contributed by atoms with van der Waals surface area (Å²) in [5, 5.41) is 19.4. The molecule has 5 nitrogen and oxygen atoms in total. The number of hydrogen-bond acceptors (Lipinski definition) is 3. The quantitative estimate of drug-likeness (QED) is 0.455. The van der Waals surface area contributed by atoms with Crippen LogP contribution in [0.25, 0.3) is 0 Å². The Kier molecular flexibility index (Phi) is 8.91. The largest absolute Gasteiger partial charge is 0.481 e. The van der Waals surface area contributed by atoms with E-state index in [-0.39, 0.29) is 24.8 Å². The summed E-state index contributed by atoms with van der Waals surface area (Å²) in [5.41, 5.74) is -1.46. The second-order valence-corrected chi connectivity index (χ2v) is 8.75. The first-order valence-electron chi connectivity index (χ1n) is 10.9. The van der Waals surface area contributed by atoms with Crippen LogP contribution in [-0.2, 0) is 22.2 Å². The maximum Gasteiger partial charge on any atom is 0.416 e. The molecule has 2 rings (SSSR count). The van der Waals surface area contributed by atoms with Crippen LogP contribution in [0.4, 0.5) is 13.2 Å². The van der Waals surface area contributed by atoms with Crippen molar-refractivity contribution in [1.29, 1.82) is 0 Å². The van der Waals surface area contributed by atoms with Crippen LogP contribution >= 0.6 is 0 Å². The van der Waals surface area contributed by atoms with Gasteiger partial charge in [0.25, 0.3) is 0 Å². The summed E-state index contributed by atoms with van der Waals surface area (Å²) in [7, 11) is 0. The van der Waals surface area contributed by atoms with Crippen LogP contribution in [0.3, 0.4) is 0 Å². The zero-order valence-corrected chi connectivity index (χ0v) is 18.0. The Morgan fingerprint density at radius 2 is 1.90 bits per heavy atom. The van der Waals surface area contributed by atoms with E-state index in [1.807, 2.05) is 4.90 Å². The van der Waals surface area contributed by atoms with Gasteiger partial charge in [0.1, 0.15) is 0 Å². The maximum absolute atomic E-state index is 12.9. The van der Waals surface area contributed by atoms with E-state index in [0.717, 1.165) is 37.8 Å². The number of carbonyl (C=O) groups excluding carboxylic acids is 1. The van der Waals surface area contributed by atoms with Crippen LogP contribution in [0.15, 0.2) is 24.3 Å². The molecule has 31 heavy (non-hydrogen) atoms. The van der Waals surface area contributed by atoms with E-state index in [4.69, 9.17) is 5.11 Å². The summed E-state index contributed by atoms with van der Waals surface area (Å²) in [6.07, 6.45) is 1.13. The Bertz CT molecular complexity index is 749. The monoisotopic (exact) mass is 443 g/mol. The Hall–Kier alpha value is -2.09. The number of benzene rings is 1. The molecule has 174 valence electrons. The normalized spacial score (nSPS) is 18.9. The van der Waals surface area contributed by atoms with Gasteiger partial charge in [-0.25, -0.2) is 0 Å². The minimum atomic E-state index is -4.42. The van der Waals surface area contributed by atoms with Gasteiger partial charge < -0.3 is 15.1 Å². The van der Waals surface area contributed by atoms with Crippen LogP contribution in [0, 0.1) is 0 Å². The molecular formula is C23H32F3NO4. The van der Waals surface area contributed by atoms with E-state index >= 15 is 0 Å². The molecule has 2 N–H and O–H groups in total. The van der Waals surface area contributed by atoms with Crippen molar-refractivity contribution in [3.8, 4) is 0 Å². The number of likely N-dealkylation sites (tertiary alicyclic amines) is 1. The minimum absolute atomic E-state index is 0.0273. The first-order valence-corrected chi connectivity index (χ1v) is 10.9. The molecule has 1 amide bonds. The van der Waals surface area contributed by atoms with Gasteiger partial charge in [-0.1, -0.05) is 31.0 Å². The SMILES string of the molecule is C[C@](O)(CC[C@H]1CCC(=O)N1CCCCCCC(=O)O)Cc1cccc(C(F)(F)F)c1. The van der Waals surface area contributed by atoms with Crippen molar-refractivity contribution in [3.63, 3.8) is 0 Å². The van der Waals surface area contributed by atoms with Gasteiger partial charge in [-0.15, -0.1) is 0 Å². The van der Waals surface area contributed by atoms with Gasteiger partial charge in [0.15, 0.2) is 0 Å². The fourth-order valence-electron chi connectivity index (χ4n) is 4.18. The Balaban J connectivity index is 1.82. The van der Waals surface area contributed by atoms with Crippen LogP contribution in [0.2, 0.25) is 0 Å². The number of hydrogen-bond donors (Lipinski definition) is 2. The minimum Gasteiger partial charge on any atom is -0.481 e. The molecule has 1 aliphatic heterocycles. The third kappa shape index (κ3) is 8.51. The third-order valence-electron chi connectivity index (χ3n) is 5.85. The first-order chi connectivity index (χ1) is 14.5. The van der Waals surface area contributed by atoms with Gasteiger partial charge in [-0.3, -0.25) is 9.59 Å². The number of halogens is 3. The van der Waals surface area contributed by atoms with E-state index in [9.17, 15) is 27.9 Å². The molecule has 0 aromatic heterocycles. The number of aliphatic hydroxyl groups is 1. The number of carboxylic acids is 1. The molecule has 2 atom stereocenters. The molecule has 1 heterocycles. The molecule has 0 spiro atoms. The smallest absolute Gasteiger partial charge is 0.416 e. The van der Waals surface area contributed by atoms with E-state index in [0.29, 0.717) is 37.8 Å². The first kappa shape index (κ1) is 25.2. The maximum atomic E-state index is 12.9. The fraction of sp³-hybridized carbons (Fsp3) is 0.652. The highest BCUT2D eigenvalue weighted by Crippen LogP contribution is 2.31. The van der Waals surface area contributed by atoms with Crippen LogP contribution in [-0.4, -0.2) is 45.2 Å². The van der Waals surface area contributed by atoms with Gasteiger partial charge in [0.05, 0.1) is 11.2 Å². The van der Waals surface area contributed by atoms with E-state index in [1.54, 1.807) is 13.0 Å². The second kappa shape index (κ2) is 11.0. The van der Waals surface area contributed by atoms with E-state index in [2.05, 4.69) is 0 Å². The fourth-order valence-corrected chi connectivity index (χ4v) is 4.18. The van der Waals surface area contributed by atoms with E-state index in [1.165, 1.54) is 6.07 Å². The molecule has 1 aromatic rings. The number of alkyl halides is 3. The molecule has 0 aliphatic carbocycles. The van der Waals surface area contributed by atoms with Crippen LogP contribution in [0.5, 0.6) is 0 Å². The number of aliphatic carboxylic acids is 1. The summed E-state index contributed by atoms with van der Waals surface area (Å²) in [6, 6.07) is 5.05. The molecule has 1 aliphatic rings. The molecule has 1 fully saturated rings. The lowest BCUT2D eigenvalue weighted by Crippen LogP contribution is -2.36. The van der Waals surface area contributed by atoms with Crippen molar-refractivity contribution >= 4 is 11.9 Å². The Morgan fingerprint density at radius 1 is 1.19 bits per heavy atom. The summed E-state index contributed by atoms with van der Waals surface area (Å²) in [6.45, 7) is 2.24. The summed E-state index contributed by atoms with van der Waals surface area (Å²) in [5.74, 6) is -0.708. The summed E-state index contributed by atoms with van der Waals surface area (Å²) in [4.78, 5) is 24.6. The molecule has 0 bridgehead atoms. The van der Waals surface area contributed by atoms with Crippen molar-refractivity contribution in [2.75, 3.05) is 6.54 Å². The molecule has 1 saturated heterocycles. The lowest BCUT2D eigenvalue weighted by molar-refractivity contribution is -0.138. The number of carboxylic acid groups (broad SMARTS) is 1. The molecule has 0 unspecified atom stereocenters. The van der Waals surface area contributed by atoms with Gasteiger partial charge in [0.2, 0.25) is 5.91 Å². The van der Waals surface area contributed by atoms with Gasteiger partial charge in [-0.05, 0) is 50.7 Å². The number of rotatable bonds is 12. The zero-order valence-electron chi connectivity index (χ0n) is 18.0. The van der Waals surface area contributed by atoms with Crippen molar-refractivity contribution in [3.05, 3.63) is 35.4 Å². The van der Waals surface area contributed by atoms with Gasteiger partial charge in [-0.2, -0.15) is 13.2 Å².